The minimum absolute atomic E-state index is 0.0789. The monoisotopic (exact) mass is 499 g/mol. The predicted molar refractivity (Wildman–Crippen MR) is 141 cm³/mol. The molecule has 3 heterocycles. The van der Waals surface area contributed by atoms with Gasteiger partial charge in [0, 0.05) is 18.3 Å². The van der Waals surface area contributed by atoms with Crippen LogP contribution in [0.25, 0.3) is 10.2 Å². The van der Waals surface area contributed by atoms with Crippen molar-refractivity contribution >= 4 is 50.6 Å². The topological polar surface area (TPSA) is 115 Å². The molecule has 1 aliphatic heterocycles. The van der Waals surface area contributed by atoms with Crippen molar-refractivity contribution < 1.29 is 14.3 Å². The predicted octanol–water partition coefficient (Wildman–Crippen LogP) is 5.54. The maximum Gasteiger partial charge on any atom is 0.333 e. The van der Waals surface area contributed by atoms with Crippen molar-refractivity contribution in [2.24, 2.45) is 11.5 Å². The smallest absolute Gasteiger partial charge is 0.333 e. The van der Waals surface area contributed by atoms with Gasteiger partial charge in [-0.05, 0) is 68.1 Å². The van der Waals surface area contributed by atoms with Crippen LogP contribution in [0.4, 0.5) is 21.9 Å². The summed E-state index contributed by atoms with van der Waals surface area (Å²) in [4.78, 5) is 35.6. The quantitative estimate of drug-likeness (QED) is 0.374. The van der Waals surface area contributed by atoms with Crippen LogP contribution in [-0.2, 0) is 0 Å². The summed E-state index contributed by atoms with van der Waals surface area (Å²) >= 11 is 1.23. The van der Waals surface area contributed by atoms with Gasteiger partial charge in [0.25, 0.3) is 5.91 Å². The molecule has 0 spiro atoms. The van der Waals surface area contributed by atoms with E-state index >= 15 is 0 Å². The Hall–Kier alpha value is -3.95. The fraction of sp³-hybridized carbons (Fsp3) is 0.222. The zero-order valence-corrected chi connectivity index (χ0v) is 20.3. The number of aromatic nitrogens is 1. The third-order valence-electron chi connectivity index (χ3n) is 6.83. The zero-order valence-electron chi connectivity index (χ0n) is 19.5. The first-order valence-electron chi connectivity index (χ1n) is 11.9. The Morgan fingerprint density at radius 3 is 2.36 bits per heavy atom. The van der Waals surface area contributed by atoms with Gasteiger partial charge in [-0.1, -0.05) is 18.2 Å². The fourth-order valence-electron chi connectivity index (χ4n) is 5.12. The van der Waals surface area contributed by atoms with E-state index in [1.165, 1.54) is 11.3 Å². The van der Waals surface area contributed by atoms with E-state index in [0.29, 0.717) is 32.5 Å². The van der Waals surface area contributed by atoms with Crippen molar-refractivity contribution in [3.05, 3.63) is 71.7 Å². The molecule has 3 amide bonds. The molecule has 182 valence electrons. The van der Waals surface area contributed by atoms with Crippen LogP contribution in [-0.4, -0.2) is 29.0 Å². The molecule has 1 saturated carbocycles. The highest BCUT2D eigenvalue weighted by Gasteiger charge is 2.42. The van der Waals surface area contributed by atoms with Crippen molar-refractivity contribution in [2.45, 2.75) is 37.8 Å². The number of urea groups is 1. The lowest BCUT2D eigenvalue weighted by atomic mass is 9.90. The number of anilines is 3. The molecule has 0 saturated heterocycles. The highest BCUT2D eigenvalue weighted by molar-refractivity contribution is 7.21. The van der Waals surface area contributed by atoms with E-state index in [4.69, 9.17) is 16.2 Å². The molecule has 0 unspecified atom stereocenters. The second-order valence-electron chi connectivity index (χ2n) is 9.12. The van der Waals surface area contributed by atoms with E-state index in [2.05, 4.69) is 4.98 Å². The van der Waals surface area contributed by atoms with Crippen LogP contribution in [0.3, 0.4) is 0 Å². The van der Waals surface area contributed by atoms with Crippen LogP contribution in [0.5, 0.6) is 11.5 Å². The summed E-state index contributed by atoms with van der Waals surface area (Å²) in [5, 5.41) is 0.774. The first-order chi connectivity index (χ1) is 17.5. The molecule has 2 aliphatic rings. The number of amides is 3. The van der Waals surface area contributed by atoms with Crippen molar-refractivity contribution in [2.75, 3.05) is 9.80 Å². The average Bonchev–Trinajstić information content (AvgIpc) is 3.28. The molecule has 0 bridgehead atoms. The fourth-order valence-corrected chi connectivity index (χ4v) is 6.12. The van der Waals surface area contributed by atoms with Gasteiger partial charge in [-0.15, -0.1) is 11.3 Å². The van der Waals surface area contributed by atoms with E-state index < -0.39 is 5.91 Å². The summed E-state index contributed by atoms with van der Waals surface area (Å²) in [5.41, 5.74) is 13.9. The van der Waals surface area contributed by atoms with Crippen LogP contribution in [0.2, 0.25) is 0 Å². The van der Waals surface area contributed by atoms with Crippen molar-refractivity contribution in [3.8, 4) is 11.5 Å². The molecule has 1 fully saturated rings. The highest BCUT2D eigenvalue weighted by Crippen LogP contribution is 2.50. The Bertz CT molecular complexity index is 1450. The molecule has 6 rings (SSSR count). The van der Waals surface area contributed by atoms with Gasteiger partial charge in [-0.25, -0.2) is 9.78 Å². The molecule has 0 atom stereocenters. The van der Waals surface area contributed by atoms with Crippen molar-refractivity contribution in [1.82, 2.24) is 4.98 Å². The highest BCUT2D eigenvalue weighted by atomic mass is 32.1. The molecule has 1 aliphatic carbocycles. The van der Waals surface area contributed by atoms with E-state index in [-0.39, 0.29) is 18.1 Å². The van der Waals surface area contributed by atoms with Gasteiger partial charge in [-0.2, -0.15) is 0 Å². The number of carbonyl (C=O) groups excluding carboxylic acids is 2. The first kappa shape index (κ1) is 22.5. The summed E-state index contributed by atoms with van der Waals surface area (Å²) in [5.74, 6) is 0.846. The number of nitrogens with two attached hydrogens (primary N) is 2. The molecule has 4 N–H and O–H groups in total. The van der Waals surface area contributed by atoms with Crippen LogP contribution < -0.4 is 26.0 Å². The lowest BCUT2D eigenvalue weighted by molar-refractivity contribution is 0.100. The summed E-state index contributed by atoms with van der Waals surface area (Å²) in [7, 11) is 0. The molecule has 8 nitrogen and oxygen atoms in total. The van der Waals surface area contributed by atoms with Crippen LogP contribution in [0.15, 0.2) is 66.9 Å². The molecule has 36 heavy (non-hydrogen) atoms. The van der Waals surface area contributed by atoms with Crippen molar-refractivity contribution in [1.29, 1.82) is 0 Å². The third kappa shape index (κ3) is 3.77. The minimum Gasteiger partial charge on any atom is -0.457 e. The number of rotatable bonds is 5. The Kier molecular flexibility index (Phi) is 5.58. The lowest BCUT2D eigenvalue weighted by Crippen LogP contribution is -2.51. The average molecular weight is 500 g/mol. The van der Waals surface area contributed by atoms with E-state index in [0.717, 1.165) is 36.8 Å². The van der Waals surface area contributed by atoms with E-state index in [1.54, 1.807) is 16.0 Å². The largest absolute Gasteiger partial charge is 0.457 e. The van der Waals surface area contributed by atoms with Gasteiger partial charge in [0.05, 0.1) is 22.4 Å². The molecule has 9 heteroatoms. The van der Waals surface area contributed by atoms with Gasteiger partial charge in [0.2, 0.25) is 0 Å². The van der Waals surface area contributed by atoms with Gasteiger partial charge in [0.15, 0.2) is 0 Å². The summed E-state index contributed by atoms with van der Waals surface area (Å²) < 4.78 is 5.93. The molecular formula is C27H25N5O3S. The molecule has 4 aromatic rings. The normalized spacial score (nSPS) is 19.5. The number of hydrogen-bond donors (Lipinski definition) is 2. The van der Waals surface area contributed by atoms with Crippen LogP contribution in [0.1, 0.15) is 35.4 Å². The maximum absolute atomic E-state index is 14.2. The molecule has 0 radical (unpaired) electrons. The first-order valence-corrected chi connectivity index (χ1v) is 12.8. The number of hydrogen-bond acceptors (Lipinski definition) is 6. The number of nitrogens with zero attached hydrogens (tertiary/aromatic N) is 3. The van der Waals surface area contributed by atoms with Crippen LogP contribution in [0, 0.1) is 0 Å². The molecular weight excluding hydrogens is 474 g/mol. The Labute approximate surface area is 212 Å². The van der Waals surface area contributed by atoms with Crippen molar-refractivity contribution in [3.63, 3.8) is 0 Å². The number of carbonyl (C=O) groups is 2. The van der Waals surface area contributed by atoms with E-state index in [1.807, 2.05) is 60.7 Å². The zero-order chi connectivity index (χ0) is 24.8. The van der Waals surface area contributed by atoms with E-state index in [9.17, 15) is 9.59 Å². The number of benzene rings is 2. The number of ether oxygens (including phenoxy) is 1. The summed E-state index contributed by atoms with van der Waals surface area (Å²) in [6.45, 7) is 0. The Morgan fingerprint density at radius 1 is 0.972 bits per heavy atom. The standard InChI is InChI=1S/C27H25N5O3S/c28-16-6-8-18(9-7-16)32-23-22-21(14-15-30-26(22)36-24(23)25(29)33)31(27(32)34)17-10-12-20(13-11-17)35-19-4-2-1-3-5-19/h1-5,10-16,18H,6-9,28H2,(H2,29,33). The number of para-hydroxylation sites is 1. The Morgan fingerprint density at radius 2 is 1.67 bits per heavy atom. The van der Waals surface area contributed by atoms with Gasteiger partial charge >= 0.3 is 6.03 Å². The summed E-state index contributed by atoms with van der Waals surface area (Å²) in [6, 6.07) is 18.6. The third-order valence-corrected chi connectivity index (χ3v) is 7.93. The van der Waals surface area contributed by atoms with Gasteiger partial charge in [-0.3, -0.25) is 14.6 Å². The van der Waals surface area contributed by atoms with Gasteiger partial charge < -0.3 is 16.2 Å². The number of thiophene rings is 1. The Balaban J connectivity index is 1.45. The minimum atomic E-state index is -0.555. The lowest BCUT2D eigenvalue weighted by Gasteiger charge is -2.42. The molecule has 2 aromatic heterocycles. The summed E-state index contributed by atoms with van der Waals surface area (Å²) in [6.07, 6.45) is 4.81. The SMILES string of the molecule is NC(=O)c1sc2nccc3c2c1N(C1CCC(N)CC1)C(=O)N3c1ccc(Oc2ccccc2)cc1. The number of pyridine rings is 1. The van der Waals surface area contributed by atoms with Crippen LogP contribution >= 0.6 is 11.3 Å². The van der Waals surface area contributed by atoms with Gasteiger partial charge in [0.1, 0.15) is 21.2 Å². The maximum atomic E-state index is 14.2. The number of primary amides is 1. The molecule has 2 aromatic carbocycles. The second-order valence-corrected chi connectivity index (χ2v) is 10.1. The second kappa shape index (κ2) is 8.92.